The highest BCUT2D eigenvalue weighted by molar-refractivity contribution is 5.80. The lowest BCUT2D eigenvalue weighted by molar-refractivity contribution is 0.608. The van der Waals surface area contributed by atoms with E-state index >= 15 is 0 Å². The molecule has 0 radical (unpaired) electrons. The van der Waals surface area contributed by atoms with Crippen molar-refractivity contribution in [2.45, 2.75) is 32.4 Å². The van der Waals surface area contributed by atoms with E-state index in [0.29, 0.717) is 6.04 Å². The summed E-state index contributed by atoms with van der Waals surface area (Å²) in [5, 5.41) is 10.9. The van der Waals surface area contributed by atoms with E-state index in [1.54, 1.807) is 6.20 Å². The first-order valence-electron chi connectivity index (χ1n) is 6.55. The van der Waals surface area contributed by atoms with Gasteiger partial charge in [-0.05, 0) is 25.8 Å². The van der Waals surface area contributed by atoms with Crippen LogP contribution in [0.25, 0.3) is 0 Å². The first-order chi connectivity index (χ1) is 8.88. The van der Waals surface area contributed by atoms with Gasteiger partial charge >= 0.3 is 0 Å². The van der Waals surface area contributed by atoms with E-state index in [-0.39, 0.29) is 0 Å². The van der Waals surface area contributed by atoms with Gasteiger partial charge in [0.2, 0.25) is 0 Å². The van der Waals surface area contributed by atoms with Crippen LogP contribution in [0.3, 0.4) is 0 Å². The number of rotatable bonds is 5. The molecule has 0 saturated carbocycles. The molecule has 1 aromatic heterocycles. The second-order valence-corrected chi connectivity index (χ2v) is 4.31. The molecule has 0 unspecified atom stereocenters. The molecule has 5 heteroatoms. The average molecular weight is 247 g/mol. The smallest absolute Gasteiger partial charge is 0.191 e. The summed E-state index contributed by atoms with van der Waals surface area (Å²) >= 11 is 0. The first-order valence-corrected chi connectivity index (χ1v) is 6.55. The third-order valence-corrected chi connectivity index (χ3v) is 2.85. The molecule has 0 amide bonds. The molecule has 1 aliphatic rings. The number of aliphatic imine (C=N–C) groups is 1. The summed E-state index contributed by atoms with van der Waals surface area (Å²) in [5.41, 5.74) is 0. The van der Waals surface area contributed by atoms with Crippen molar-refractivity contribution in [1.82, 2.24) is 20.4 Å². The predicted molar refractivity (Wildman–Crippen MR) is 73.5 cm³/mol. The third-order valence-electron chi connectivity index (χ3n) is 2.85. The van der Waals surface area contributed by atoms with Crippen LogP contribution in [-0.4, -0.2) is 34.9 Å². The molecule has 18 heavy (non-hydrogen) atoms. The zero-order valence-electron chi connectivity index (χ0n) is 10.8. The monoisotopic (exact) mass is 247 g/mol. The van der Waals surface area contributed by atoms with Crippen molar-refractivity contribution >= 4 is 5.96 Å². The van der Waals surface area contributed by atoms with Crippen molar-refractivity contribution in [3.05, 3.63) is 30.6 Å². The van der Waals surface area contributed by atoms with Gasteiger partial charge in [-0.2, -0.15) is 5.10 Å². The van der Waals surface area contributed by atoms with Gasteiger partial charge in [0, 0.05) is 25.0 Å². The number of guanidine groups is 1. The van der Waals surface area contributed by atoms with Gasteiger partial charge in [0.25, 0.3) is 0 Å². The lowest BCUT2D eigenvalue weighted by Gasteiger charge is -2.16. The van der Waals surface area contributed by atoms with Crippen molar-refractivity contribution in [2.24, 2.45) is 4.99 Å². The second-order valence-electron chi connectivity index (χ2n) is 4.31. The normalized spacial score (nSPS) is 16.2. The molecular formula is C13H21N5. The van der Waals surface area contributed by atoms with Crippen molar-refractivity contribution in [3.8, 4) is 0 Å². The van der Waals surface area contributed by atoms with Gasteiger partial charge in [0.05, 0.1) is 13.1 Å². The minimum Gasteiger partial charge on any atom is -0.357 e. The van der Waals surface area contributed by atoms with E-state index in [0.717, 1.165) is 38.4 Å². The summed E-state index contributed by atoms with van der Waals surface area (Å²) in [5.74, 6) is 0.901. The summed E-state index contributed by atoms with van der Waals surface area (Å²) in [6, 6.07) is 2.42. The van der Waals surface area contributed by atoms with E-state index in [2.05, 4.69) is 39.8 Å². The second kappa shape index (κ2) is 6.83. The third kappa shape index (κ3) is 3.91. The van der Waals surface area contributed by atoms with Gasteiger partial charge in [0.15, 0.2) is 5.96 Å². The molecule has 1 aliphatic carbocycles. The molecule has 0 atom stereocenters. The fraction of sp³-hybridized carbons (Fsp3) is 0.538. The van der Waals surface area contributed by atoms with Crippen LogP contribution >= 0.6 is 0 Å². The summed E-state index contributed by atoms with van der Waals surface area (Å²) < 4.78 is 1.89. The molecular weight excluding hydrogens is 226 g/mol. The molecule has 1 heterocycles. The predicted octanol–water partition coefficient (Wildman–Crippen LogP) is 1.16. The van der Waals surface area contributed by atoms with Crippen LogP contribution in [0.2, 0.25) is 0 Å². The first kappa shape index (κ1) is 12.7. The highest BCUT2D eigenvalue weighted by Gasteiger charge is 2.11. The highest BCUT2D eigenvalue weighted by Crippen LogP contribution is 2.08. The van der Waals surface area contributed by atoms with E-state index < -0.39 is 0 Å². The molecule has 0 saturated heterocycles. The van der Waals surface area contributed by atoms with E-state index in [1.807, 2.05) is 16.9 Å². The topological polar surface area (TPSA) is 54.2 Å². The lowest BCUT2D eigenvalue weighted by atomic mass is 10.2. The van der Waals surface area contributed by atoms with Crippen molar-refractivity contribution in [2.75, 3.05) is 13.1 Å². The Morgan fingerprint density at radius 1 is 1.44 bits per heavy atom. The molecule has 0 spiro atoms. The maximum absolute atomic E-state index is 4.56. The summed E-state index contributed by atoms with van der Waals surface area (Å²) in [7, 11) is 0. The Morgan fingerprint density at radius 2 is 2.28 bits per heavy atom. The standard InChI is InChI=1S/C13H21N5/c1-2-14-13(17-12-6-3-4-7-12)15-9-11-18-10-5-8-16-18/h3-5,8,10,12H,2,6-7,9,11H2,1H3,(H2,14,15,17). The number of nitrogens with zero attached hydrogens (tertiary/aromatic N) is 3. The van der Waals surface area contributed by atoms with Gasteiger partial charge in [-0.3, -0.25) is 9.67 Å². The Hall–Kier alpha value is -1.78. The molecule has 0 fully saturated rings. The Morgan fingerprint density at radius 3 is 2.94 bits per heavy atom. The molecule has 5 nitrogen and oxygen atoms in total. The van der Waals surface area contributed by atoms with E-state index in [4.69, 9.17) is 0 Å². The quantitative estimate of drug-likeness (QED) is 0.466. The van der Waals surface area contributed by atoms with Crippen LogP contribution in [0, 0.1) is 0 Å². The fourth-order valence-electron chi connectivity index (χ4n) is 1.95. The SMILES string of the molecule is CCNC(=NCCn1cccn1)NC1CC=CC1. The maximum Gasteiger partial charge on any atom is 0.191 e. The average Bonchev–Trinajstić information content (AvgIpc) is 3.02. The maximum atomic E-state index is 4.56. The van der Waals surface area contributed by atoms with Crippen LogP contribution in [0.15, 0.2) is 35.6 Å². The number of hydrogen-bond donors (Lipinski definition) is 2. The highest BCUT2D eigenvalue weighted by atomic mass is 15.3. The Bertz CT molecular complexity index is 386. The number of hydrogen-bond acceptors (Lipinski definition) is 2. The van der Waals surface area contributed by atoms with Crippen LogP contribution in [0.5, 0.6) is 0 Å². The van der Waals surface area contributed by atoms with Gasteiger partial charge in [-0.15, -0.1) is 0 Å². The zero-order valence-corrected chi connectivity index (χ0v) is 10.8. The fourth-order valence-corrected chi connectivity index (χ4v) is 1.95. The Kier molecular flexibility index (Phi) is 4.81. The summed E-state index contributed by atoms with van der Waals surface area (Å²) in [6.07, 6.45) is 10.3. The summed E-state index contributed by atoms with van der Waals surface area (Å²) in [6.45, 7) is 4.51. The molecule has 0 aromatic carbocycles. The van der Waals surface area contributed by atoms with Crippen LogP contribution < -0.4 is 10.6 Å². The lowest BCUT2D eigenvalue weighted by Crippen LogP contribution is -2.42. The van der Waals surface area contributed by atoms with Gasteiger partial charge in [-0.25, -0.2) is 0 Å². The van der Waals surface area contributed by atoms with Gasteiger partial charge < -0.3 is 10.6 Å². The Balaban J connectivity index is 1.79. The largest absolute Gasteiger partial charge is 0.357 e. The molecule has 98 valence electrons. The molecule has 0 bridgehead atoms. The van der Waals surface area contributed by atoms with Crippen LogP contribution in [-0.2, 0) is 6.54 Å². The summed E-state index contributed by atoms with van der Waals surface area (Å²) in [4.78, 5) is 4.56. The molecule has 0 aliphatic heterocycles. The van der Waals surface area contributed by atoms with E-state index in [1.165, 1.54) is 0 Å². The Labute approximate surface area is 108 Å². The van der Waals surface area contributed by atoms with Gasteiger partial charge in [0.1, 0.15) is 0 Å². The van der Waals surface area contributed by atoms with E-state index in [9.17, 15) is 0 Å². The van der Waals surface area contributed by atoms with Crippen molar-refractivity contribution in [1.29, 1.82) is 0 Å². The van der Waals surface area contributed by atoms with Crippen molar-refractivity contribution < 1.29 is 0 Å². The van der Waals surface area contributed by atoms with Crippen molar-refractivity contribution in [3.63, 3.8) is 0 Å². The minimum atomic E-state index is 0.493. The van der Waals surface area contributed by atoms with Crippen LogP contribution in [0.1, 0.15) is 19.8 Å². The molecule has 2 rings (SSSR count). The number of nitrogens with one attached hydrogen (secondary N) is 2. The zero-order chi connectivity index (χ0) is 12.6. The minimum absolute atomic E-state index is 0.493. The number of aromatic nitrogens is 2. The molecule has 2 N–H and O–H groups in total. The molecule has 1 aromatic rings. The van der Waals surface area contributed by atoms with Gasteiger partial charge in [-0.1, -0.05) is 12.2 Å². The van der Waals surface area contributed by atoms with Crippen LogP contribution in [0.4, 0.5) is 0 Å².